The molecule has 1 aromatic heterocycles. The van der Waals surface area contributed by atoms with E-state index in [2.05, 4.69) is 10.3 Å². The molecule has 0 fully saturated rings. The molecule has 6 nitrogen and oxygen atoms in total. The highest BCUT2D eigenvalue weighted by Gasteiger charge is 2.13. The van der Waals surface area contributed by atoms with Crippen LogP contribution in [0.3, 0.4) is 0 Å². The number of rotatable bonds is 5. The number of anilines is 1. The number of nitrogens with one attached hydrogen (secondary N) is 1. The van der Waals surface area contributed by atoms with Crippen LogP contribution < -0.4 is 5.32 Å². The maximum atomic E-state index is 12.7. The molecule has 0 atom stereocenters. The molecule has 0 spiro atoms. The van der Waals surface area contributed by atoms with E-state index in [0.717, 1.165) is 22.7 Å². The number of imidazole rings is 1. The van der Waals surface area contributed by atoms with Gasteiger partial charge < -0.3 is 5.32 Å². The first-order chi connectivity index (χ1) is 12.8. The molecule has 0 saturated carbocycles. The zero-order chi connectivity index (χ0) is 19.6. The van der Waals surface area contributed by atoms with Crippen molar-refractivity contribution in [3.8, 4) is 5.69 Å². The summed E-state index contributed by atoms with van der Waals surface area (Å²) in [6.45, 7) is 1.81. The number of aryl methyl sites for hydroxylation is 1. The first-order valence-corrected chi connectivity index (χ1v) is 11.2. The Kier molecular flexibility index (Phi) is 5.38. The number of carbonyl (C=O) groups excluding carboxylic acids is 1. The molecule has 140 valence electrons. The predicted octanol–water partition coefficient (Wildman–Crippen LogP) is 3.56. The summed E-state index contributed by atoms with van der Waals surface area (Å²) in [5.41, 5.74) is 2.55. The highest BCUT2D eigenvalue weighted by Crippen LogP contribution is 2.22. The number of thioether (sulfide) groups is 1. The smallest absolute Gasteiger partial charge is 0.255 e. The van der Waals surface area contributed by atoms with Crippen molar-refractivity contribution in [3.63, 3.8) is 0 Å². The van der Waals surface area contributed by atoms with Gasteiger partial charge in [-0.3, -0.25) is 9.36 Å². The summed E-state index contributed by atoms with van der Waals surface area (Å²) in [5, 5.41) is 3.63. The summed E-state index contributed by atoms with van der Waals surface area (Å²) in [6, 6.07) is 11.9. The average Bonchev–Trinajstić information content (AvgIpc) is 3.11. The van der Waals surface area contributed by atoms with Crippen LogP contribution in [0.15, 0.2) is 64.9 Å². The number of benzene rings is 2. The lowest BCUT2D eigenvalue weighted by Gasteiger charge is -2.12. The van der Waals surface area contributed by atoms with E-state index in [0.29, 0.717) is 11.3 Å². The van der Waals surface area contributed by atoms with E-state index in [1.807, 2.05) is 30.0 Å². The van der Waals surface area contributed by atoms with Gasteiger partial charge in [0.2, 0.25) is 0 Å². The Balaban J connectivity index is 1.91. The number of amides is 1. The summed E-state index contributed by atoms with van der Waals surface area (Å²) < 4.78 is 25.4. The van der Waals surface area contributed by atoms with Gasteiger partial charge in [-0.05, 0) is 49.1 Å². The van der Waals surface area contributed by atoms with Crippen molar-refractivity contribution in [2.45, 2.75) is 17.0 Å². The van der Waals surface area contributed by atoms with E-state index >= 15 is 0 Å². The third-order valence-corrected chi connectivity index (χ3v) is 5.84. The topological polar surface area (TPSA) is 81.1 Å². The maximum absolute atomic E-state index is 12.7. The molecular formula is C19H19N3O3S2. The Hall–Kier alpha value is -2.58. The van der Waals surface area contributed by atoms with Crippen LogP contribution >= 0.6 is 11.8 Å². The summed E-state index contributed by atoms with van der Waals surface area (Å²) in [7, 11) is -3.35. The van der Waals surface area contributed by atoms with Crippen LogP contribution in [0.1, 0.15) is 15.9 Å². The maximum Gasteiger partial charge on any atom is 0.255 e. The molecule has 0 bridgehead atoms. The minimum Gasteiger partial charge on any atom is -0.322 e. The fourth-order valence-corrected chi connectivity index (χ4v) is 3.77. The minimum absolute atomic E-state index is 0.167. The number of aromatic nitrogens is 2. The average molecular weight is 402 g/mol. The van der Waals surface area contributed by atoms with E-state index in [1.165, 1.54) is 23.9 Å². The van der Waals surface area contributed by atoms with Gasteiger partial charge in [0.15, 0.2) is 15.0 Å². The van der Waals surface area contributed by atoms with Gasteiger partial charge in [0.25, 0.3) is 5.91 Å². The molecule has 0 unspecified atom stereocenters. The minimum atomic E-state index is -3.35. The second-order valence-corrected chi connectivity index (χ2v) is 8.83. The van der Waals surface area contributed by atoms with Gasteiger partial charge in [-0.15, -0.1) is 0 Å². The fourth-order valence-electron chi connectivity index (χ4n) is 2.60. The summed E-state index contributed by atoms with van der Waals surface area (Å²) in [5.74, 6) is -0.309. The molecule has 3 rings (SSSR count). The summed E-state index contributed by atoms with van der Waals surface area (Å²) in [4.78, 5) is 17.1. The second kappa shape index (κ2) is 7.58. The number of sulfone groups is 1. The van der Waals surface area contributed by atoms with Gasteiger partial charge in [0.05, 0.1) is 4.90 Å². The molecule has 0 aliphatic heterocycles. The first kappa shape index (κ1) is 19.2. The molecule has 1 amide bonds. The third-order valence-electron chi connectivity index (χ3n) is 4.06. The SMILES string of the molecule is CSc1nccn1-c1cccc(C(=O)Nc2cc(S(C)(=O)=O)ccc2C)c1. The lowest BCUT2D eigenvalue weighted by atomic mass is 10.1. The van der Waals surface area contributed by atoms with E-state index in [1.54, 1.807) is 30.5 Å². The number of nitrogens with zero attached hydrogens (tertiary/aromatic N) is 2. The largest absolute Gasteiger partial charge is 0.322 e. The van der Waals surface area contributed by atoms with E-state index in [9.17, 15) is 13.2 Å². The molecule has 27 heavy (non-hydrogen) atoms. The van der Waals surface area contributed by atoms with Crippen molar-refractivity contribution in [1.29, 1.82) is 0 Å². The van der Waals surface area contributed by atoms with Gasteiger partial charge in [-0.1, -0.05) is 23.9 Å². The van der Waals surface area contributed by atoms with Crippen LogP contribution in [0.5, 0.6) is 0 Å². The molecule has 2 aromatic carbocycles. The predicted molar refractivity (Wildman–Crippen MR) is 108 cm³/mol. The quantitative estimate of drug-likeness (QED) is 0.661. The molecule has 0 saturated heterocycles. The molecule has 0 radical (unpaired) electrons. The third kappa shape index (κ3) is 4.23. The number of hydrogen-bond acceptors (Lipinski definition) is 5. The van der Waals surface area contributed by atoms with Crippen LogP contribution in [0.4, 0.5) is 5.69 Å². The summed E-state index contributed by atoms with van der Waals surface area (Å²) >= 11 is 1.51. The Morgan fingerprint density at radius 2 is 1.96 bits per heavy atom. The van der Waals surface area contributed by atoms with Crippen molar-refractivity contribution in [3.05, 3.63) is 66.0 Å². The number of carbonyl (C=O) groups is 1. The molecule has 3 aromatic rings. The monoisotopic (exact) mass is 401 g/mol. The Morgan fingerprint density at radius 3 is 2.67 bits per heavy atom. The van der Waals surface area contributed by atoms with Gasteiger partial charge in [-0.2, -0.15) is 0 Å². The van der Waals surface area contributed by atoms with Crippen molar-refractivity contribution in [2.75, 3.05) is 17.8 Å². The second-order valence-electron chi connectivity index (χ2n) is 6.04. The van der Waals surface area contributed by atoms with Crippen LogP contribution in [-0.2, 0) is 9.84 Å². The van der Waals surface area contributed by atoms with Crippen molar-refractivity contribution >= 4 is 33.2 Å². The van der Waals surface area contributed by atoms with E-state index in [-0.39, 0.29) is 10.8 Å². The standard InChI is InChI=1S/C19H19N3O3S2/c1-13-7-8-16(27(3,24)25)12-17(13)21-18(23)14-5-4-6-15(11-14)22-10-9-20-19(22)26-2/h4-12H,1-3H3,(H,21,23). The van der Waals surface area contributed by atoms with E-state index < -0.39 is 9.84 Å². The normalized spacial score (nSPS) is 11.4. The summed E-state index contributed by atoms with van der Waals surface area (Å²) in [6.07, 6.45) is 6.62. The molecule has 1 N–H and O–H groups in total. The highest BCUT2D eigenvalue weighted by atomic mass is 32.2. The lowest BCUT2D eigenvalue weighted by Crippen LogP contribution is -2.14. The Labute approximate surface area is 162 Å². The van der Waals surface area contributed by atoms with Gasteiger partial charge in [0.1, 0.15) is 0 Å². The van der Waals surface area contributed by atoms with Gasteiger partial charge >= 0.3 is 0 Å². The van der Waals surface area contributed by atoms with Gasteiger partial charge in [0, 0.05) is 35.6 Å². The molecule has 0 aliphatic carbocycles. The Morgan fingerprint density at radius 1 is 1.19 bits per heavy atom. The molecule has 8 heteroatoms. The fraction of sp³-hybridized carbons (Fsp3) is 0.158. The molecule has 0 aliphatic rings. The molecule has 1 heterocycles. The van der Waals surface area contributed by atoms with Crippen LogP contribution in [-0.4, -0.2) is 36.4 Å². The van der Waals surface area contributed by atoms with Crippen molar-refractivity contribution in [1.82, 2.24) is 9.55 Å². The Bertz CT molecular complexity index is 1100. The first-order valence-electron chi connectivity index (χ1n) is 8.09. The van der Waals surface area contributed by atoms with Gasteiger partial charge in [-0.25, -0.2) is 13.4 Å². The molecular weight excluding hydrogens is 382 g/mol. The lowest BCUT2D eigenvalue weighted by molar-refractivity contribution is 0.102. The number of hydrogen-bond donors (Lipinski definition) is 1. The van der Waals surface area contributed by atoms with Crippen molar-refractivity contribution < 1.29 is 13.2 Å². The van der Waals surface area contributed by atoms with Crippen LogP contribution in [0.2, 0.25) is 0 Å². The van der Waals surface area contributed by atoms with E-state index in [4.69, 9.17) is 0 Å². The van der Waals surface area contributed by atoms with Crippen LogP contribution in [0.25, 0.3) is 5.69 Å². The van der Waals surface area contributed by atoms with Crippen LogP contribution in [0, 0.1) is 6.92 Å². The van der Waals surface area contributed by atoms with Crippen molar-refractivity contribution in [2.24, 2.45) is 0 Å². The highest BCUT2D eigenvalue weighted by molar-refractivity contribution is 7.98. The zero-order valence-electron chi connectivity index (χ0n) is 15.1. The zero-order valence-corrected chi connectivity index (χ0v) is 16.8.